The molecule has 1 radical (unpaired) electrons. The zero-order chi connectivity index (χ0) is 11.9. The van der Waals surface area contributed by atoms with Gasteiger partial charge in [-0.15, -0.1) is 0 Å². The lowest BCUT2D eigenvalue weighted by atomic mass is 9.61. The molecule has 15 heavy (non-hydrogen) atoms. The largest absolute Gasteiger partial charge is 0.0625 e. The van der Waals surface area contributed by atoms with Crippen LogP contribution in [0, 0.1) is 35.0 Å². The summed E-state index contributed by atoms with van der Waals surface area (Å²) in [5, 5.41) is 0. The molecule has 0 heteroatoms. The first-order chi connectivity index (χ1) is 6.60. The van der Waals surface area contributed by atoms with Crippen LogP contribution in [0.4, 0.5) is 0 Å². The molecule has 0 aromatic rings. The van der Waals surface area contributed by atoms with E-state index in [4.69, 9.17) is 0 Å². The van der Waals surface area contributed by atoms with Gasteiger partial charge in [0, 0.05) is 0 Å². The first kappa shape index (κ1) is 13.1. The molecule has 0 heterocycles. The highest BCUT2D eigenvalue weighted by Crippen LogP contribution is 2.47. The van der Waals surface area contributed by atoms with Crippen molar-refractivity contribution in [1.82, 2.24) is 0 Å². The van der Waals surface area contributed by atoms with Crippen molar-refractivity contribution in [2.45, 2.75) is 61.3 Å². The lowest BCUT2D eigenvalue weighted by Gasteiger charge is -2.44. The molecule has 0 aliphatic heterocycles. The summed E-state index contributed by atoms with van der Waals surface area (Å²) in [5.41, 5.74) is 0.885. The van der Waals surface area contributed by atoms with Crippen LogP contribution < -0.4 is 0 Å². The zero-order valence-corrected chi connectivity index (χ0v) is 11.7. The van der Waals surface area contributed by atoms with Crippen LogP contribution in [0.1, 0.15) is 61.3 Å². The summed E-state index contributed by atoms with van der Waals surface area (Å²) < 4.78 is 0. The molecular formula is C15H29. The second-order valence-electron chi connectivity index (χ2n) is 7.71. The summed E-state index contributed by atoms with van der Waals surface area (Å²) in [7, 11) is 0. The van der Waals surface area contributed by atoms with Crippen LogP contribution in [0.2, 0.25) is 0 Å². The molecule has 1 aliphatic carbocycles. The fourth-order valence-corrected chi connectivity index (χ4v) is 2.69. The van der Waals surface area contributed by atoms with E-state index in [0.717, 1.165) is 17.8 Å². The number of hydrogen-bond donors (Lipinski definition) is 0. The van der Waals surface area contributed by atoms with Gasteiger partial charge in [-0.2, -0.15) is 0 Å². The summed E-state index contributed by atoms with van der Waals surface area (Å²) >= 11 is 0. The second kappa shape index (κ2) is 4.11. The van der Waals surface area contributed by atoms with E-state index in [1.165, 1.54) is 12.8 Å². The standard InChI is InChI=1S/C15H29/c1-11-8-12(14(2,3)4)10-13(9-11)15(5,6)7/h10-13H,8-9H2,1-7H3. The molecule has 2 atom stereocenters. The van der Waals surface area contributed by atoms with Crippen LogP contribution in [0.5, 0.6) is 0 Å². The van der Waals surface area contributed by atoms with Crippen molar-refractivity contribution < 1.29 is 0 Å². The Morgan fingerprint density at radius 3 is 1.40 bits per heavy atom. The van der Waals surface area contributed by atoms with Crippen molar-refractivity contribution in [1.29, 1.82) is 0 Å². The molecule has 0 nitrogen and oxygen atoms in total. The summed E-state index contributed by atoms with van der Waals surface area (Å²) in [6, 6.07) is 0. The maximum atomic E-state index is 2.65. The van der Waals surface area contributed by atoms with Gasteiger partial charge < -0.3 is 0 Å². The maximum Gasteiger partial charge on any atom is -0.0313 e. The highest BCUT2D eigenvalue weighted by molar-refractivity contribution is 4.99. The first-order valence-corrected chi connectivity index (χ1v) is 6.45. The van der Waals surface area contributed by atoms with Crippen LogP contribution in [-0.4, -0.2) is 0 Å². The fraction of sp³-hybridized carbons (Fsp3) is 0.933. The summed E-state index contributed by atoms with van der Waals surface area (Å²) in [5.74, 6) is 2.49. The Kier molecular flexibility index (Phi) is 3.58. The monoisotopic (exact) mass is 209 g/mol. The van der Waals surface area contributed by atoms with Crippen LogP contribution >= 0.6 is 0 Å². The molecule has 1 saturated carbocycles. The Morgan fingerprint density at radius 1 is 0.800 bits per heavy atom. The first-order valence-electron chi connectivity index (χ1n) is 6.45. The third kappa shape index (κ3) is 3.50. The van der Waals surface area contributed by atoms with E-state index in [2.05, 4.69) is 54.9 Å². The van der Waals surface area contributed by atoms with Gasteiger partial charge in [0.25, 0.3) is 0 Å². The van der Waals surface area contributed by atoms with Gasteiger partial charge in [0.1, 0.15) is 0 Å². The number of rotatable bonds is 0. The van der Waals surface area contributed by atoms with Gasteiger partial charge in [0.05, 0.1) is 0 Å². The Balaban J connectivity index is 2.73. The predicted molar refractivity (Wildman–Crippen MR) is 68.6 cm³/mol. The quantitative estimate of drug-likeness (QED) is 0.530. The molecule has 0 N–H and O–H groups in total. The summed E-state index contributed by atoms with van der Waals surface area (Å²) in [6.45, 7) is 16.7. The lowest BCUT2D eigenvalue weighted by Crippen LogP contribution is -2.36. The van der Waals surface area contributed by atoms with Crippen LogP contribution in [0.15, 0.2) is 0 Å². The van der Waals surface area contributed by atoms with Crippen molar-refractivity contribution in [3.8, 4) is 0 Å². The maximum absolute atomic E-state index is 2.65. The van der Waals surface area contributed by atoms with E-state index in [9.17, 15) is 0 Å². The van der Waals surface area contributed by atoms with Crippen molar-refractivity contribution >= 4 is 0 Å². The minimum Gasteiger partial charge on any atom is -0.0625 e. The van der Waals surface area contributed by atoms with Gasteiger partial charge in [-0.25, -0.2) is 0 Å². The Bertz CT molecular complexity index is 179. The molecule has 0 aromatic heterocycles. The average molecular weight is 209 g/mol. The van der Waals surface area contributed by atoms with Crippen molar-refractivity contribution in [3.05, 3.63) is 6.42 Å². The molecular weight excluding hydrogens is 180 g/mol. The fourth-order valence-electron chi connectivity index (χ4n) is 2.69. The molecule has 1 aliphatic rings. The molecule has 0 aromatic carbocycles. The van der Waals surface area contributed by atoms with Crippen LogP contribution in [0.25, 0.3) is 0 Å². The van der Waals surface area contributed by atoms with Gasteiger partial charge >= 0.3 is 0 Å². The van der Waals surface area contributed by atoms with E-state index >= 15 is 0 Å². The highest BCUT2D eigenvalue weighted by atomic mass is 14.4. The summed E-state index contributed by atoms with van der Waals surface area (Å²) in [6.07, 6.45) is 5.42. The van der Waals surface area contributed by atoms with E-state index in [1.54, 1.807) is 0 Å². The molecule has 0 saturated heterocycles. The molecule has 89 valence electrons. The van der Waals surface area contributed by atoms with Crippen LogP contribution in [-0.2, 0) is 0 Å². The second-order valence-corrected chi connectivity index (χ2v) is 7.71. The molecule has 0 amide bonds. The zero-order valence-electron chi connectivity index (χ0n) is 11.7. The van der Waals surface area contributed by atoms with Crippen molar-refractivity contribution in [3.63, 3.8) is 0 Å². The minimum atomic E-state index is 0.443. The van der Waals surface area contributed by atoms with Gasteiger partial charge in [-0.3, -0.25) is 0 Å². The van der Waals surface area contributed by atoms with Gasteiger partial charge in [0.15, 0.2) is 0 Å². The van der Waals surface area contributed by atoms with Gasteiger partial charge in [-0.05, 0) is 47.8 Å². The van der Waals surface area contributed by atoms with Crippen molar-refractivity contribution in [2.75, 3.05) is 0 Å². The van der Waals surface area contributed by atoms with E-state index in [-0.39, 0.29) is 0 Å². The molecule has 1 fully saturated rings. The van der Waals surface area contributed by atoms with Crippen molar-refractivity contribution in [2.24, 2.45) is 28.6 Å². The van der Waals surface area contributed by atoms with Gasteiger partial charge in [-0.1, -0.05) is 48.5 Å². The Hall–Kier alpha value is 0. The number of hydrogen-bond acceptors (Lipinski definition) is 0. The average Bonchev–Trinajstić information content (AvgIpc) is 1.99. The third-order valence-electron chi connectivity index (χ3n) is 4.00. The normalized spacial score (nSPS) is 34.2. The van der Waals surface area contributed by atoms with E-state index < -0.39 is 0 Å². The topological polar surface area (TPSA) is 0 Å². The Labute approximate surface area is 96.8 Å². The van der Waals surface area contributed by atoms with Gasteiger partial charge in [0.2, 0.25) is 0 Å². The smallest absolute Gasteiger partial charge is 0.0313 e. The third-order valence-corrected chi connectivity index (χ3v) is 4.00. The molecule has 1 rings (SSSR count). The molecule has 2 unspecified atom stereocenters. The van der Waals surface area contributed by atoms with Crippen LogP contribution in [0.3, 0.4) is 0 Å². The lowest BCUT2D eigenvalue weighted by molar-refractivity contribution is 0.113. The molecule has 0 bridgehead atoms. The SMILES string of the molecule is CC1CC(C(C)(C)C)[CH]C(C(C)(C)C)C1. The van der Waals surface area contributed by atoms with E-state index in [0.29, 0.717) is 10.8 Å². The highest BCUT2D eigenvalue weighted by Gasteiger charge is 2.38. The summed E-state index contributed by atoms with van der Waals surface area (Å²) in [4.78, 5) is 0. The molecule has 0 spiro atoms. The minimum absolute atomic E-state index is 0.443. The predicted octanol–water partition coefficient (Wildman–Crippen LogP) is 4.95. The van der Waals surface area contributed by atoms with E-state index in [1.807, 2.05) is 0 Å². The Morgan fingerprint density at radius 2 is 1.13 bits per heavy atom.